The molecule has 0 aliphatic heterocycles. The van der Waals surface area contributed by atoms with Crippen LogP contribution in [0, 0.1) is 10.1 Å². The van der Waals surface area contributed by atoms with Crippen LogP contribution in [0.1, 0.15) is 0 Å². The number of hydrogen-bond acceptors (Lipinski definition) is 6. The van der Waals surface area contributed by atoms with Gasteiger partial charge in [-0.05, 0) is 12.1 Å². The number of carboxylic acid groups (broad SMARTS) is 1. The summed E-state index contributed by atoms with van der Waals surface area (Å²) in [5, 5.41) is 30.0. The van der Waals surface area contributed by atoms with Crippen LogP contribution in [0.15, 0.2) is 29.2 Å². The highest BCUT2D eigenvalue weighted by atomic mass is 32.2. The zero-order chi connectivity index (χ0) is 15.1. The number of thioether (sulfide) groups is 1. The van der Waals surface area contributed by atoms with Crippen LogP contribution < -0.4 is 5.32 Å². The average Bonchev–Trinajstić information content (AvgIpc) is 2.42. The van der Waals surface area contributed by atoms with Crippen molar-refractivity contribution in [2.24, 2.45) is 0 Å². The number of amides is 1. The monoisotopic (exact) mass is 300 g/mol. The molecule has 0 fully saturated rings. The molecule has 0 heterocycles. The first-order valence-electron chi connectivity index (χ1n) is 5.44. The lowest BCUT2D eigenvalue weighted by molar-refractivity contribution is -0.384. The number of hydrogen-bond donors (Lipinski definition) is 3. The van der Waals surface area contributed by atoms with E-state index in [0.717, 1.165) is 11.8 Å². The van der Waals surface area contributed by atoms with Gasteiger partial charge < -0.3 is 15.5 Å². The highest BCUT2D eigenvalue weighted by Gasteiger charge is 2.18. The van der Waals surface area contributed by atoms with E-state index in [-0.39, 0.29) is 11.4 Å². The van der Waals surface area contributed by atoms with Gasteiger partial charge in [0.05, 0.1) is 17.3 Å². The Kier molecular flexibility index (Phi) is 5.94. The van der Waals surface area contributed by atoms with Crippen LogP contribution in [0.5, 0.6) is 0 Å². The molecule has 1 aromatic rings. The lowest BCUT2D eigenvalue weighted by Crippen LogP contribution is -2.44. The molecule has 1 amide bonds. The summed E-state index contributed by atoms with van der Waals surface area (Å²) >= 11 is 1.10. The maximum atomic E-state index is 11.5. The van der Waals surface area contributed by atoms with Crippen molar-refractivity contribution < 1.29 is 24.7 Å². The first-order valence-corrected chi connectivity index (χ1v) is 6.43. The molecule has 0 bridgehead atoms. The highest BCUT2D eigenvalue weighted by molar-refractivity contribution is 8.00. The molecule has 1 unspecified atom stereocenters. The zero-order valence-electron chi connectivity index (χ0n) is 10.2. The largest absolute Gasteiger partial charge is 0.480 e. The summed E-state index contributed by atoms with van der Waals surface area (Å²) < 4.78 is 0. The van der Waals surface area contributed by atoms with E-state index in [1.807, 2.05) is 0 Å². The van der Waals surface area contributed by atoms with Crippen LogP contribution in [0.4, 0.5) is 5.69 Å². The van der Waals surface area contributed by atoms with Gasteiger partial charge >= 0.3 is 5.97 Å². The zero-order valence-corrected chi connectivity index (χ0v) is 11.0. The predicted molar refractivity (Wildman–Crippen MR) is 70.5 cm³/mol. The van der Waals surface area contributed by atoms with E-state index in [9.17, 15) is 19.7 Å². The predicted octanol–water partition coefficient (Wildman–Crippen LogP) is 0.249. The molecule has 1 atom stereocenters. The number of benzene rings is 1. The number of carboxylic acids is 1. The second-order valence-corrected chi connectivity index (χ2v) is 4.73. The lowest BCUT2D eigenvalue weighted by Gasteiger charge is -2.11. The molecular formula is C11H12N2O6S. The summed E-state index contributed by atoms with van der Waals surface area (Å²) in [6.45, 7) is -0.691. The molecule has 1 rings (SSSR count). The van der Waals surface area contributed by atoms with E-state index in [2.05, 4.69) is 5.32 Å². The van der Waals surface area contributed by atoms with Crippen molar-refractivity contribution in [1.29, 1.82) is 0 Å². The lowest BCUT2D eigenvalue weighted by atomic mass is 10.3. The molecule has 3 N–H and O–H groups in total. The van der Waals surface area contributed by atoms with Crippen LogP contribution >= 0.6 is 11.8 Å². The number of carbonyl (C=O) groups excluding carboxylic acids is 1. The van der Waals surface area contributed by atoms with Gasteiger partial charge in [-0.25, -0.2) is 4.79 Å². The van der Waals surface area contributed by atoms with Gasteiger partial charge in [-0.3, -0.25) is 14.9 Å². The summed E-state index contributed by atoms with van der Waals surface area (Å²) in [5.74, 6) is -1.92. The second kappa shape index (κ2) is 7.46. The van der Waals surface area contributed by atoms with Gasteiger partial charge in [0.15, 0.2) is 0 Å². The number of aliphatic hydroxyl groups is 1. The minimum atomic E-state index is -1.33. The Morgan fingerprint density at radius 3 is 2.40 bits per heavy atom. The van der Waals surface area contributed by atoms with Crippen molar-refractivity contribution in [2.75, 3.05) is 12.4 Å². The number of carbonyl (C=O) groups is 2. The Morgan fingerprint density at radius 2 is 1.95 bits per heavy atom. The maximum absolute atomic E-state index is 11.5. The fourth-order valence-electron chi connectivity index (χ4n) is 1.23. The summed E-state index contributed by atoms with van der Waals surface area (Å²) in [6, 6.07) is 4.29. The third-order valence-corrected chi connectivity index (χ3v) is 3.25. The average molecular weight is 300 g/mol. The Bertz CT molecular complexity index is 504. The molecule has 20 heavy (non-hydrogen) atoms. The number of nitrogens with one attached hydrogen (secondary N) is 1. The molecule has 0 radical (unpaired) electrons. The molecule has 9 heteroatoms. The molecule has 0 aliphatic carbocycles. The second-order valence-electron chi connectivity index (χ2n) is 3.68. The highest BCUT2D eigenvalue weighted by Crippen LogP contribution is 2.21. The normalized spacial score (nSPS) is 11.7. The number of aliphatic hydroxyl groups excluding tert-OH is 1. The van der Waals surface area contributed by atoms with Gasteiger partial charge in [0, 0.05) is 17.0 Å². The first-order chi connectivity index (χ1) is 9.43. The number of nitro groups is 1. The van der Waals surface area contributed by atoms with Crippen molar-refractivity contribution in [3.05, 3.63) is 34.4 Å². The molecule has 108 valence electrons. The van der Waals surface area contributed by atoms with Crippen LogP contribution in [-0.4, -0.2) is 45.4 Å². The molecule has 8 nitrogen and oxygen atoms in total. The van der Waals surface area contributed by atoms with E-state index in [1.54, 1.807) is 0 Å². The third-order valence-electron chi connectivity index (χ3n) is 2.23. The van der Waals surface area contributed by atoms with Crippen LogP contribution in [0.2, 0.25) is 0 Å². The van der Waals surface area contributed by atoms with Crippen LogP contribution in [0.25, 0.3) is 0 Å². The summed E-state index contributed by atoms with van der Waals surface area (Å²) in [7, 11) is 0. The molecule has 1 aromatic carbocycles. The van der Waals surface area contributed by atoms with Crippen molar-refractivity contribution in [3.63, 3.8) is 0 Å². The van der Waals surface area contributed by atoms with E-state index >= 15 is 0 Å². The summed E-state index contributed by atoms with van der Waals surface area (Å²) in [4.78, 5) is 32.6. The number of nitrogens with zero attached hydrogens (tertiary/aromatic N) is 1. The van der Waals surface area contributed by atoms with E-state index < -0.39 is 29.4 Å². The van der Waals surface area contributed by atoms with Gasteiger partial charge in [-0.15, -0.1) is 11.8 Å². The fourth-order valence-corrected chi connectivity index (χ4v) is 1.94. The molecule has 0 spiro atoms. The number of nitro benzene ring substituents is 1. The van der Waals surface area contributed by atoms with E-state index in [0.29, 0.717) is 4.90 Å². The minimum absolute atomic E-state index is 0.0509. The quantitative estimate of drug-likeness (QED) is 0.374. The Hall–Kier alpha value is -2.13. The van der Waals surface area contributed by atoms with Gasteiger partial charge in [0.2, 0.25) is 5.91 Å². The Balaban J connectivity index is 2.48. The Labute approximate surface area is 117 Å². The molecular weight excluding hydrogens is 288 g/mol. The minimum Gasteiger partial charge on any atom is -0.480 e. The molecule has 0 aliphatic rings. The van der Waals surface area contributed by atoms with Crippen LogP contribution in [0.3, 0.4) is 0 Å². The fraction of sp³-hybridized carbons (Fsp3) is 0.273. The van der Waals surface area contributed by atoms with Gasteiger partial charge in [-0.1, -0.05) is 0 Å². The van der Waals surface area contributed by atoms with Gasteiger partial charge in [0.25, 0.3) is 5.69 Å². The van der Waals surface area contributed by atoms with Crippen molar-refractivity contribution in [1.82, 2.24) is 5.32 Å². The van der Waals surface area contributed by atoms with Crippen molar-refractivity contribution >= 4 is 29.3 Å². The van der Waals surface area contributed by atoms with E-state index in [1.165, 1.54) is 24.3 Å². The first kappa shape index (κ1) is 15.9. The number of aliphatic carboxylic acids is 1. The summed E-state index contributed by atoms with van der Waals surface area (Å²) in [6.07, 6.45) is 0. The molecule has 0 saturated carbocycles. The van der Waals surface area contributed by atoms with Crippen molar-refractivity contribution in [3.8, 4) is 0 Å². The standard InChI is InChI=1S/C11H12N2O6S/c14-5-9(11(16)17)12-10(15)6-20-8-3-1-7(2-4-8)13(18)19/h1-4,9,14H,5-6H2,(H,12,15)(H,16,17). The van der Waals surface area contributed by atoms with Crippen LogP contribution in [-0.2, 0) is 9.59 Å². The maximum Gasteiger partial charge on any atom is 0.328 e. The molecule has 0 aromatic heterocycles. The molecule has 0 saturated heterocycles. The number of non-ortho nitro benzene ring substituents is 1. The smallest absolute Gasteiger partial charge is 0.328 e. The van der Waals surface area contributed by atoms with Crippen molar-refractivity contribution in [2.45, 2.75) is 10.9 Å². The van der Waals surface area contributed by atoms with Gasteiger partial charge in [0.1, 0.15) is 6.04 Å². The SMILES string of the molecule is O=C(CSc1ccc([N+](=O)[O-])cc1)NC(CO)C(=O)O. The topological polar surface area (TPSA) is 130 Å². The van der Waals surface area contributed by atoms with Gasteiger partial charge in [-0.2, -0.15) is 0 Å². The third kappa shape index (κ3) is 4.86. The number of rotatable bonds is 7. The van der Waals surface area contributed by atoms with E-state index in [4.69, 9.17) is 10.2 Å². The Morgan fingerprint density at radius 1 is 1.35 bits per heavy atom. The summed E-state index contributed by atoms with van der Waals surface area (Å²) in [5.41, 5.74) is -0.0509.